The van der Waals surface area contributed by atoms with Gasteiger partial charge >= 0.3 is 6.03 Å². The Balaban J connectivity index is 1.73. The van der Waals surface area contributed by atoms with E-state index in [2.05, 4.69) is 5.32 Å². The van der Waals surface area contributed by atoms with Crippen LogP contribution < -0.4 is 15.0 Å². The van der Waals surface area contributed by atoms with E-state index in [9.17, 15) is 9.59 Å². The molecule has 1 aliphatic carbocycles. The van der Waals surface area contributed by atoms with Crippen LogP contribution in [-0.4, -0.2) is 25.1 Å². The van der Waals surface area contributed by atoms with Gasteiger partial charge in [-0.25, -0.2) is 9.69 Å². The van der Waals surface area contributed by atoms with Crippen molar-refractivity contribution in [2.24, 2.45) is 5.92 Å². The molecule has 1 saturated carbocycles. The molecule has 5 nitrogen and oxygen atoms in total. The Labute approximate surface area is 130 Å². The standard InChI is InChI=1S/C17H22N2O3/c1-22-14-9-5-8-13(11-14)19-16(20)15(18-17(19)21)10-12-6-3-2-4-7-12/h5,8-9,11-12,15H,2-4,6-7,10H2,1H3,(H,18,21). The summed E-state index contributed by atoms with van der Waals surface area (Å²) < 4.78 is 5.16. The molecule has 2 fully saturated rings. The molecule has 2 aliphatic rings. The number of imide groups is 1. The minimum atomic E-state index is -0.387. The van der Waals surface area contributed by atoms with Crippen molar-refractivity contribution in [3.8, 4) is 5.75 Å². The van der Waals surface area contributed by atoms with Gasteiger partial charge in [0.25, 0.3) is 5.91 Å². The number of amides is 3. The molecule has 0 spiro atoms. The number of methoxy groups -OCH3 is 1. The first-order chi connectivity index (χ1) is 10.7. The molecule has 1 aromatic rings. The number of rotatable bonds is 4. The molecule has 0 bridgehead atoms. The van der Waals surface area contributed by atoms with Crippen LogP contribution in [0.3, 0.4) is 0 Å². The van der Waals surface area contributed by atoms with E-state index >= 15 is 0 Å². The van der Waals surface area contributed by atoms with Crippen LogP contribution in [0, 0.1) is 5.92 Å². The summed E-state index contributed by atoms with van der Waals surface area (Å²) in [4.78, 5) is 26.0. The van der Waals surface area contributed by atoms with Crippen molar-refractivity contribution in [1.82, 2.24) is 5.32 Å². The van der Waals surface area contributed by atoms with Gasteiger partial charge in [0.2, 0.25) is 0 Å². The van der Waals surface area contributed by atoms with Crippen molar-refractivity contribution in [1.29, 1.82) is 0 Å². The highest BCUT2D eigenvalue weighted by molar-refractivity contribution is 6.21. The van der Waals surface area contributed by atoms with Gasteiger partial charge in [-0.15, -0.1) is 0 Å². The number of anilines is 1. The highest BCUT2D eigenvalue weighted by Crippen LogP contribution is 2.30. The number of hydrogen-bond acceptors (Lipinski definition) is 3. The maximum absolute atomic E-state index is 12.6. The SMILES string of the molecule is COc1cccc(N2C(=O)NC(CC3CCCCC3)C2=O)c1. The number of urea groups is 1. The lowest BCUT2D eigenvalue weighted by Gasteiger charge is -2.23. The van der Waals surface area contributed by atoms with E-state index in [1.807, 2.05) is 0 Å². The lowest BCUT2D eigenvalue weighted by atomic mass is 9.85. The molecule has 1 saturated heterocycles. The van der Waals surface area contributed by atoms with Crippen molar-refractivity contribution < 1.29 is 14.3 Å². The maximum Gasteiger partial charge on any atom is 0.329 e. The first-order valence-corrected chi connectivity index (χ1v) is 7.97. The molecule has 118 valence electrons. The van der Waals surface area contributed by atoms with Crippen molar-refractivity contribution in [2.75, 3.05) is 12.0 Å². The first kappa shape index (κ1) is 14.9. The lowest BCUT2D eigenvalue weighted by molar-refractivity contribution is -0.118. The second-order valence-corrected chi connectivity index (χ2v) is 6.12. The van der Waals surface area contributed by atoms with E-state index < -0.39 is 0 Å². The molecule has 3 rings (SSSR count). The van der Waals surface area contributed by atoms with Crippen molar-refractivity contribution in [3.05, 3.63) is 24.3 Å². The fourth-order valence-corrected chi connectivity index (χ4v) is 3.44. The van der Waals surface area contributed by atoms with Gasteiger partial charge in [0, 0.05) is 6.07 Å². The molecule has 1 unspecified atom stereocenters. The third-order valence-corrected chi connectivity index (χ3v) is 4.62. The van der Waals surface area contributed by atoms with Gasteiger partial charge < -0.3 is 10.1 Å². The van der Waals surface area contributed by atoms with Crippen molar-refractivity contribution in [2.45, 2.75) is 44.6 Å². The second-order valence-electron chi connectivity index (χ2n) is 6.12. The number of ether oxygens (including phenoxy) is 1. The molecule has 1 heterocycles. The molecule has 3 amide bonds. The summed E-state index contributed by atoms with van der Waals surface area (Å²) in [6.07, 6.45) is 6.85. The average molecular weight is 302 g/mol. The van der Waals surface area contributed by atoms with E-state index in [0.717, 1.165) is 6.42 Å². The van der Waals surface area contributed by atoms with Gasteiger partial charge in [-0.2, -0.15) is 0 Å². The van der Waals surface area contributed by atoms with Crippen LogP contribution in [0.15, 0.2) is 24.3 Å². The highest BCUT2D eigenvalue weighted by Gasteiger charge is 2.40. The van der Waals surface area contributed by atoms with Gasteiger partial charge in [-0.05, 0) is 24.5 Å². The Bertz CT molecular complexity index is 567. The Morgan fingerprint density at radius 3 is 2.73 bits per heavy atom. The number of nitrogens with one attached hydrogen (secondary N) is 1. The Morgan fingerprint density at radius 1 is 1.23 bits per heavy atom. The predicted octanol–water partition coefficient (Wildman–Crippen LogP) is 3.09. The van der Waals surface area contributed by atoms with E-state index in [1.165, 1.54) is 37.0 Å². The highest BCUT2D eigenvalue weighted by atomic mass is 16.5. The van der Waals surface area contributed by atoms with Gasteiger partial charge in [0.1, 0.15) is 11.8 Å². The van der Waals surface area contributed by atoms with Crippen LogP contribution in [0.2, 0.25) is 0 Å². The molecule has 22 heavy (non-hydrogen) atoms. The number of nitrogens with zero attached hydrogens (tertiary/aromatic N) is 1. The molecular weight excluding hydrogens is 280 g/mol. The van der Waals surface area contributed by atoms with Crippen LogP contribution in [0.5, 0.6) is 5.75 Å². The molecule has 1 atom stereocenters. The van der Waals surface area contributed by atoms with E-state index in [1.54, 1.807) is 31.4 Å². The third-order valence-electron chi connectivity index (χ3n) is 4.62. The summed E-state index contributed by atoms with van der Waals surface area (Å²) in [5.74, 6) is 1.03. The van der Waals surface area contributed by atoms with Crippen molar-refractivity contribution >= 4 is 17.6 Å². The third kappa shape index (κ3) is 2.93. The van der Waals surface area contributed by atoms with E-state index in [0.29, 0.717) is 17.4 Å². The smallest absolute Gasteiger partial charge is 0.329 e. The normalized spacial score (nSPS) is 22.8. The van der Waals surface area contributed by atoms with Crippen LogP contribution in [-0.2, 0) is 4.79 Å². The molecule has 0 radical (unpaired) electrons. The molecule has 1 aromatic carbocycles. The number of benzene rings is 1. The van der Waals surface area contributed by atoms with Crippen LogP contribution in [0.1, 0.15) is 38.5 Å². The molecule has 5 heteroatoms. The zero-order valence-electron chi connectivity index (χ0n) is 12.9. The van der Waals surface area contributed by atoms with Crippen molar-refractivity contribution in [3.63, 3.8) is 0 Å². The van der Waals surface area contributed by atoms with Crippen LogP contribution in [0.25, 0.3) is 0 Å². The van der Waals surface area contributed by atoms with Crippen LogP contribution >= 0.6 is 0 Å². The average Bonchev–Trinajstić information content (AvgIpc) is 2.82. The largest absolute Gasteiger partial charge is 0.497 e. The fourth-order valence-electron chi connectivity index (χ4n) is 3.44. The Morgan fingerprint density at radius 2 is 2.00 bits per heavy atom. The summed E-state index contributed by atoms with van der Waals surface area (Å²) in [6, 6.07) is 6.31. The van der Waals surface area contributed by atoms with E-state index in [-0.39, 0.29) is 18.0 Å². The van der Waals surface area contributed by atoms with E-state index in [4.69, 9.17) is 4.74 Å². The van der Waals surface area contributed by atoms with Crippen LogP contribution in [0.4, 0.5) is 10.5 Å². The second kappa shape index (κ2) is 6.38. The number of hydrogen-bond donors (Lipinski definition) is 1. The summed E-state index contributed by atoms with van der Waals surface area (Å²) in [5, 5.41) is 2.83. The predicted molar refractivity (Wildman–Crippen MR) is 84.0 cm³/mol. The zero-order valence-corrected chi connectivity index (χ0v) is 12.9. The maximum atomic E-state index is 12.6. The van der Waals surface area contributed by atoms with Gasteiger partial charge in [0.05, 0.1) is 12.8 Å². The summed E-state index contributed by atoms with van der Waals surface area (Å²) >= 11 is 0. The zero-order chi connectivity index (χ0) is 15.5. The van der Waals surface area contributed by atoms with Gasteiger partial charge in [-0.3, -0.25) is 4.79 Å². The number of carbonyl (C=O) groups excluding carboxylic acids is 2. The molecule has 1 N–H and O–H groups in total. The monoisotopic (exact) mass is 302 g/mol. The Kier molecular flexibility index (Phi) is 4.32. The van der Waals surface area contributed by atoms with Gasteiger partial charge in [-0.1, -0.05) is 38.2 Å². The van der Waals surface area contributed by atoms with Gasteiger partial charge in [0.15, 0.2) is 0 Å². The molecular formula is C17H22N2O3. The number of carbonyl (C=O) groups is 2. The first-order valence-electron chi connectivity index (χ1n) is 7.97. The fraction of sp³-hybridized carbons (Fsp3) is 0.529. The quantitative estimate of drug-likeness (QED) is 0.870. The Hall–Kier alpha value is -2.04. The summed E-state index contributed by atoms with van der Waals surface area (Å²) in [5.41, 5.74) is 0.563. The minimum Gasteiger partial charge on any atom is -0.497 e. The minimum absolute atomic E-state index is 0.149. The lowest BCUT2D eigenvalue weighted by Crippen LogP contribution is -2.32. The molecule has 0 aromatic heterocycles. The topological polar surface area (TPSA) is 58.6 Å². The summed E-state index contributed by atoms with van der Waals surface area (Å²) in [7, 11) is 1.57. The summed E-state index contributed by atoms with van der Waals surface area (Å²) in [6.45, 7) is 0. The molecule has 1 aliphatic heterocycles.